The van der Waals surface area contributed by atoms with Crippen LogP contribution in [0.2, 0.25) is 5.02 Å². The molecule has 1 aromatic carbocycles. The van der Waals surface area contributed by atoms with E-state index in [1.54, 1.807) is 24.3 Å². The van der Waals surface area contributed by atoms with Gasteiger partial charge in [-0.15, -0.1) is 0 Å². The summed E-state index contributed by atoms with van der Waals surface area (Å²) in [5, 5.41) is 3.13. The molecule has 1 N–H and O–H groups in total. The fourth-order valence-electron chi connectivity index (χ4n) is 1.18. The molecule has 0 bridgehead atoms. The molecule has 2 rings (SSSR count). The number of anilines is 1. The number of nitrogens with one attached hydrogen (secondary N) is 1. The number of para-hydroxylation sites is 1. The summed E-state index contributed by atoms with van der Waals surface area (Å²) in [6.07, 6.45) is 2.85. The second kappa shape index (κ2) is 5.25. The molecule has 1 heterocycles. The molecule has 2 aromatic rings. The summed E-state index contributed by atoms with van der Waals surface area (Å²) < 4.78 is 0.576. The lowest BCUT2D eigenvalue weighted by atomic mass is 10.3. The van der Waals surface area contributed by atoms with Gasteiger partial charge in [-0.3, -0.25) is 4.79 Å². The zero-order valence-corrected chi connectivity index (χ0v) is 10.9. The summed E-state index contributed by atoms with van der Waals surface area (Å²) in [6, 6.07) is 6.99. The van der Waals surface area contributed by atoms with Crippen LogP contribution in [-0.2, 0) is 0 Å². The number of benzene rings is 1. The molecule has 0 aliphatic carbocycles. The third-order valence-corrected chi connectivity index (χ3v) is 2.71. The molecule has 1 amide bonds. The van der Waals surface area contributed by atoms with Gasteiger partial charge in [-0.25, -0.2) is 9.97 Å². The van der Waals surface area contributed by atoms with Crippen LogP contribution in [0.15, 0.2) is 41.3 Å². The summed E-state index contributed by atoms with van der Waals surface area (Å²) in [7, 11) is 0. The predicted molar refractivity (Wildman–Crippen MR) is 69.1 cm³/mol. The molecule has 0 saturated heterocycles. The van der Waals surface area contributed by atoms with Gasteiger partial charge in [0.2, 0.25) is 0 Å². The zero-order valence-electron chi connectivity index (χ0n) is 8.52. The zero-order chi connectivity index (χ0) is 12.3. The molecule has 0 aliphatic heterocycles. The molecule has 6 heteroatoms. The van der Waals surface area contributed by atoms with Crippen molar-refractivity contribution in [3.8, 4) is 0 Å². The van der Waals surface area contributed by atoms with E-state index in [-0.39, 0.29) is 11.6 Å². The van der Waals surface area contributed by atoms with Gasteiger partial charge in [-0.05, 0) is 28.1 Å². The van der Waals surface area contributed by atoms with Gasteiger partial charge in [-0.1, -0.05) is 23.7 Å². The first-order valence-electron chi connectivity index (χ1n) is 4.70. The molecule has 0 aliphatic rings. The number of rotatable bonds is 2. The van der Waals surface area contributed by atoms with Crippen molar-refractivity contribution >= 4 is 39.1 Å². The van der Waals surface area contributed by atoms with E-state index in [9.17, 15) is 4.79 Å². The molecule has 0 atom stereocenters. The van der Waals surface area contributed by atoms with Crippen molar-refractivity contribution in [2.45, 2.75) is 0 Å². The van der Waals surface area contributed by atoms with Gasteiger partial charge in [-0.2, -0.15) is 0 Å². The molecule has 0 unspecified atom stereocenters. The number of aromatic nitrogens is 2. The number of nitrogens with zero attached hydrogens (tertiary/aromatic N) is 2. The number of carbonyl (C=O) groups excluding carboxylic acids is 1. The Morgan fingerprint density at radius 2 is 2.00 bits per heavy atom. The van der Waals surface area contributed by atoms with E-state index in [4.69, 9.17) is 11.6 Å². The maximum absolute atomic E-state index is 11.8. The standard InChI is InChI=1S/C11H7BrClN3O/c12-10-6-14-9(5-15-10)11(17)16-8-4-2-1-3-7(8)13/h1-6H,(H,16,17). The highest BCUT2D eigenvalue weighted by Crippen LogP contribution is 2.20. The van der Waals surface area contributed by atoms with E-state index in [1.807, 2.05) is 0 Å². The van der Waals surface area contributed by atoms with Gasteiger partial charge in [0.25, 0.3) is 5.91 Å². The number of halogens is 2. The fraction of sp³-hybridized carbons (Fsp3) is 0. The first-order valence-corrected chi connectivity index (χ1v) is 5.87. The average Bonchev–Trinajstić information content (AvgIpc) is 2.33. The first-order chi connectivity index (χ1) is 8.16. The van der Waals surface area contributed by atoms with Crippen LogP contribution in [0.5, 0.6) is 0 Å². The van der Waals surface area contributed by atoms with E-state index in [1.165, 1.54) is 12.4 Å². The van der Waals surface area contributed by atoms with Gasteiger partial charge in [0, 0.05) is 0 Å². The van der Waals surface area contributed by atoms with Crippen LogP contribution < -0.4 is 5.32 Å². The van der Waals surface area contributed by atoms with Gasteiger partial charge in [0.1, 0.15) is 10.3 Å². The van der Waals surface area contributed by atoms with Crippen molar-refractivity contribution in [1.29, 1.82) is 0 Å². The third-order valence-electron chi connectivity index (χ3n) is 1.98. The Labute approximate surface area is 111 Å². The van der Waals surface area contributed by atoms with Gasteiger partial charge in [0.15, 0.2) is 0 Å². The second-order valence-electron chi connectivity index (χ2n) is 3.16. The van der Waals surface area contributed by atoms with E-state index in [0.29, 0.717) is 15.3 Å². The van der Waals surface area contributed by atoms with Crippen LogP contribution >= 0.6 is 27.5 Å². The minimum Gasteiger partial charge on any atom is -0.319 e. The second-order valence-corrected chi connectivity index (χ2v) is 4.38. The molecule has 0 saturated carbocycles. The van der Waals surface area contributed by atoms with E-state index >= 15 is 0 Å². The van der Waals surface area contributed by atoms with Crippen molar-refractivity contribution in [2.24, 2.45) is 0 Å². The van der Waals surface area contributed by atoms with Crippen molar-refractivity contribution < 1.29 is 4.79 Å². The normalized spacial score (nSPS) is 10.0. The average molecular weight is 313 g/mol. The lowest BCUT2D eigenvalue weighted by Crippen LogP contribution is -2.14. The SMILES string of the molecule is O=C(Nc1ccccc1Cl)c1cnc(Br)cn1. The van der Waals surface area contributed by atoms with Crippen molar-refractivity contribution in [3.05, 3.63) is 52.0 Å². The van der Waals surface area contributed by atoms with Gasteiger partial charge in [0.05, 0.1) is 23.1 Å². The minimum absolute atomic E-state index is 0.230. The van der Waals surface area contributed by atoms with Crippen LogP contribution in [0.4, 0.5) is 5.69 Å². The van der Waals surface area contributed by atoms with Crippen LogP contribution in [0.3, 0.4) is 0 Å². The highest BCUT2D eigenvalue weighted by Gasteiger charge is 2.09. The smallest absolute Gasteiger partial charge is 0.275 e. The highest BCUT2D eigenvalue weighted by atomic mass is 79.9. The Bertz CT molecular complexity index is 545. The number of carbonyl (C=O) groups is 1. The van der Waals surface area contributed by atoms with Crippen LogP contribution in [0, 0.1) is 0 Å². The molecule has 0 fully saturated rings. The maximum atomic E-state index is 11.8. The van der Waals surface area contributed by atoms with E-state index in [0.717, 1.165) is 0 Å². The number of hydrogen-bond donors (Lipinski definition) is 1. The quantitative estimate of drug-likeness (QED) is 0.927. The summed E-state index contributed by atoms with van der Waals surface area (Å²) in [5.74, 6) is -0.349. The summed E-state index contributed by atoms with van der Waals surface area (Å²) in [5.41, 5.74) is 0.775. The molecule has 0 radical (unpaired) electrons. The Morgan fingerprint density at radius 1 is 1.24 bits per heavy atom. The Kier molecular flexibility index (Phi) is 3.71. The highest BCUT2D eigenvalue weighted by molar-refractivity contribution is 9.10. The maximum Gasteiger partial charge on any atom is 0.275 e. The van der Waals surface area contributed by atoms with Crippen LogP contribution in [-0.4, -0.2) is 15.9 Å². The summed E-state index contributed by atoms with van der Waals surface area (Å²) in [4.78, 5) is 19.7. The van der Waals surface area contributed by atoms with Crippen molar-refractivity contribution in [3.63, 3.8) is 0 Å². The topological polar surface area (TPSA) is 54.9 Å². The Morgan fingerprint density at radius 3 is 2.65 bits per heavy atom. The van der Waals surface area contributed by atoms with Crippen LogP contribution in [0.25, 0.3) is 0 Å². The minimum atomic E-state index is -0.349. The van der Waals surface area contributed by atoms with Crippen molar-refractivity contribution in [1.82, 2.24) is 9.97 Å². The molecule has 1 aromatic heterocycles. The van der Waals surface area contributed by atoms with Crippen molar-refractivity contribution in [2.75, 3.05) is 5.32 Å². The predicted octanol–water partition coefficient (Wildman–Crippen LogP) is 3.14. The van der Waals surface area contributed by atoms with E-state index < -0.39 is 0 Å². The Balaban J connectivity index is 2.17. The third kappa shape index (κ3) is 3.01. The molecule has 86 valence electrons. The van der Waals surface area contributed by atoms with E-state index in [2.05, 4.69) is 31.2 Å². The molecular formula is C11H7BrClN3O. The van der Waals surface area contributed by atoms with Gasteiger partial charge >= 0.3 is 0 Å². The van der Waals surface area contributed by atoms with Crippen LogP contribution in [0.1, 0.15) is 10.5 Å². The largest absolute Gasteiger partial charge is 0.319 e. The molecule has 17 heavy (non-hydrogen) atoms. The summed E-state index contributed by atoms with van der Waals surface area (Å²) in [6.45, 7) is 0. The lowest BCUT2D eigenvalue weighted by Gasteiger charge is -2.05. The molecule has 4 nitrogen and oxygen atoms in total. The first kappa shape index (κ1) is 12.0. The molecule has 0 spiro atoms. The molecular weight excluding hydrogens is 305 g/mol. The lowest BCUT2D eigenvalue weighted by molar-refractivity contribution is 0.102. The van der Waals surface area contributed by atoms with Gasteiger partial charge < -0.3 is 5.32 Å². The number of amides is 1. The number of hydrogen-bond acceptors (Lipinski definition) is 3. The summed E-state index contributed by atoms with van der Waals surface area (Å²) >= 11 is 9.07. The monoisotopic (exact) mass is 311 g/mol. The fourth-order valence-corrected chi connectivity index (χ4v) is 1.57. The Hall–Kier alpha value is -1.46.